The van der Waals surface area contributed by atoms with Crippen LogP contribution in [0.25, 0.3) is 0 Å². The first kappa shape index (κ1) is 23.2. The lowest BCUT2D eigenvalue weighted by Gasteiger charge is -2.29. The fourth-order valence-corrected chi connectivity index (χ4v) is 3.92. The van der Waals surface area contributed by atoms with Gasteiger partial charge >= 0.3 is 0 Å². The highest BCUT2D eigenvalue weighted by atomic mass is 79.9. The van der Waals surface area contributed by atoms with Gasteiger partial charge in [-0.15, -0.1) is 0 Å². The number of halogens is 1. The Labute approximate surface area is 202 Å². The van der Waals surface area contributed by atoms with Gasteiger partial charge in [0.2, 0.25) is 6.29 Å². The lowest BCUT2D eigenvalue weighted by Crippen LogP contribution is -2.32. The van der Waals surface area contributed by atoms with E-state index in [2.05, 4.69) is 21.2 Å². The number of allylic oxidation sites excluding steroid dienone is 1. The molecule has 6 heteroatoms. The summed E-state index contributed by atoms with van der Waals surface area (Å²) in [5.41, 5.74) is 3.94. The van der Waals surface area contributed by atoms with Crippen LogP contribution in [0.3, 0.4) is 0 Å². The molecule has 3 aromatic rings. The summed E-state index contributed by atoms with van der Waals surface area (Å²) in [6.07, 6.45) is 1.92. The Morgan fingerprint density at radius 2 is 1.67 bits per heavy atom. The number of hydrogen-bond donors (Lipinski definition) is 2. The Morgan fingerprint density at radius 1 is 0.970 bits per heavy atom. The minimum absolute atomic E-state index is 0.00793. The zero-order chi connectivity index (χ0) is 23.0. The molecule has 2 atom stereocenters. The number of hydrogen-bond acceptors (Lipinski definition) is 4. The summed E-state index contributed by atoms with van der Waals surface area (Å²) in [6.45, 7) is 0.780. The van der Waals surface area contributed by atoms with Gasteiger partial charge in [0.15, 0.2) is 5.76 Å². The maximum Gasteiger partial charge on any atom is 0.286 e. The Hall–Kier alpha value is -2.93. The topological polar surface area (TPSA) is 67.8 Å². The maximum atomic E-state index is 12.9. The molecule has 4 rings (SSSR count). The van der Waals surface area contributed by atoms with Crippen LogP contribution in [0.1, 0.15) is 34.6 Å². The summed E-state index contributed by atoms with van der Waals surface area (Å²) in [6, 6.07) is 25.4. The summed E-state index contributed by atoms with van der Waals surface area (Å²) < 4.78 is 13.0. The second-order valence-electron chi connectivity index (χ2n) is 7.93. The molecule has 0 radical (unpaired) electrons. The third-order valence-corrected chi connectivity index (χ3v) is 6.05. The van der Waals surface area contributed by atoms with E-state index in [1.165, 1.54) is 0 Å². The number of nitrogens with one attached hydrogen (secondary N) is 1. The monoisotopic (exact) mass is 507 g/mol. The highest BCUT2D eigenvalue weighted by Gasteiger charge is 2.28. The van der Waals surface area contributed by atoms with Crippen LogP contribution in [-0.2, 0) is 34.0 Å². The SMILES string of the molecule is O=C(NCc1ccccc1)C1=C[C@@H](c2ccc(Br)cc2)C[C@@H](OCc2ccc(CO)cc2)O1. The van der Waals surface area contributed by atoms with Crippen molar-refractivity contribution in [3.8, 4) is 0 Å². The van der Waals surface area contributed by atoms with Crippen molar-refractivity contribution in [1.29, 1.82) is 0 Å². The predicted octanol–water partition coefficient (Wildman–Crippen LogP) is 5.19. The van der Waals surface area contributed by atoms with E-state index in [4.69, 9.17) is 9.47 Å². The van der Waals surface area contributed by atoms with Gasteiger partial charge in [-0.25, -0.2) is 0 Å². The van der Waals surface area contributed by atoms with Gasteiger partial charge in [0.05, 0.1) is 13.2 Å². The Balaban J connectivity index is 1.46. The first-order valence-electron chi connectivity index (χ1n) is 10.9. The Morgan fingerprint density at radius 3 is 2.36 bits per heavy atom. The number of aliphatic hydroxyl groups excluding tert-OH is 1. The standard InChI is InChI=1S/C27H26BrNO4/c28-24-12-10-22(11-13-24)23-14-25(27(31)29-16-19-4-2-1-3-5-19)33-26(15-23)32-18-21-8-6-20(17-30)7-9-21/h1-14,23,26,30H,15-18H2,(H,29,31)/t23-,26+/m1/s1. The molecule has 33 heavy (non-hydrogen) atoms. The maximum absolute atomic E-state index is 12.9. The van der Waals surface area contributed by atoms with E-state index in [-0.39, 0.29) is 24.2 Å². The molecule has 0 fully saturated rings. The molecule has 0 unspecified atom stereocenters. The van der Waals surface area contributed by atoms with Crippen molar-refractivity contribution >= 4 is 21.8 Å². The van der Waals surface area contributed by atoms with Crippen LogP contribution >= 0.6 is 15.9 Å². The van der Waals surface area contributed by atoms with E-state index in [1.54, 1.807) is 0 Å². The normalized spacial score (nSPS) is 17.7. The van der Waals surface area contributed by atoms with Gasteiger partial charge < -0.3 is 19.9 Å². The molecule has 5 nitrogen and oxygen atoms in total. The van der Waals surface area contributed by atoms with Crippen molar-refractivity contribution in [1.82, 2.24) is 5.32 Å². The number of ether oxygens (including phenoxy) is 2. The number of rotatable bonds is 8. The minimum Gasteiger partial charge on any atom is -0.459 e. The van der Waals surface area contributed by atoms with Gasteiger partial charge in [0.25, 0.3) is 5.91 Å². The molecule has 2 N–H and O–H groups in total. The first-order valence-corrected chi connectivity index (χ1v) is 11.7. The molecular formula is C27H26BrNO4. The number of carbonyl (C=O) groups excluding carboxylic acids is 1. The average molecular weight is 508 g/mol. The fraction of sp³-hybridized carbons (Fsp3) is 0.222. The van der Waals surface area contributed by atoms with Crippen LogP contribution in [-0.4, -0.2) is 17.3 Å². The molecule has 1 aliphatic heterocycles. The molecule has 0 saturated carbocycles. The largest absolute Gasteiger partial charge is 0.459 e. The first-order chi connectivity index (χ1) is 16.1. The summed E-state index contributed by atoms with van der Waals surface area (Å²) in [5, 5.41) is 12.2. The number of carbonyl (C=O) groups is 1. The van der Waals surface area contributed by atoms with Gasteiger partial charge in [-0.05, 0) is 40.5 Å². The van der Waals surface area contributed by atoms with E-state index in [1.807, 2.05) is 84.9 Å². The summed E-state index contributed by atoms with van der Waals surface area (Å²) >= 11 is 3.48. The lowest BCUT2D eigenvalue weighted by molar-refractivity contribution is -0.150. The molecule has 3 aromatic carbocycles. The van der Waals surface area contributed by atoms with Crippen molar-refractivity contribution in [2.24, 2.45) is 0 Å². The molecule has 1 heterocycles. The van der Waals surface area contributed by atoms with Crippen LogP contribution in [0, 0.1) is 0 Å². The van der Waals surface area contributed by atoms with E-state index in [9.17, 15) is 9.90 Å². The van der Waals surface area contributed by atoms with Crippen LogP contribution in [0.2, 0.25) is 0 Å². The average Bonchev–Trinajstić information content (AvgIpc) is 2.87. The molecule has 0 bridgehead atoms. The van der Waals surface area contributed by atoms with Crippen molar-refractivity contribution in [2.45, 2.75) is 38.4 Å². The molecule has 0 aliphatic carbocycles. The summed E-state index contributed by atoms with van der Waals surface area (Å²) in [4.78, 5) is 12.9. The van der Waals surface area contributed by atoms with Crippen molar-refractivity contribution in [2.75, 3.05) is 0 Å². The molecular weight excluding hydrogens is 482 g/mol. The predicted molar refractivity (Wildman–Crippen MR) is 130 cm³/mol. The van der Waals surface area contributed by atoms with Crippen LogP contribution in [0.4, 0.5) is 0 Å². The Bertz CT molecular complexity index is 1080. The highest BCUT2D eigenvalue weighted by Crippen LogP contribution is 2.32. The van der Waals surface area contributed by atoms with Crippen LogP contribution in [0.15, 0.2) is 95.2 Å². The number of benzene rings is 3. The lowest BCUT2D eigenvalue weighted by atomic mass is 9.93. The molecule has 170 valence electrons. The van der Waals surface area contributed by atoms with Gasteiger partial charge in [0, 0.05) is 23.4 Å². The van der Waals surface area contributed by atoms with E-state index >= 15 is 0 Å². The van der Waals surface area contributed by atoms with Gasteiger partial charge in [-0.1, -0.05) is 82.7 Å². The van der Waals surface area contributed by atoms with Gasteiger partial charge in [-0.2, -0.15) is 0 Å². The zero-order valence-corrected chi connectivity index (χ0v) is 19.7. The Kier molecular flexibility index (Phi) is 7.94. The third-order valence-electron chi connectivity index (χ3n) is 5.52. The van der Waals surface area contributed by atoms with E-state index in [0.717, 1.165) is 26.7 Å². The smallest absolute Gasteiger partial charge is 0.286 e. The van der Waals surface area contributed by atoms with Gasteiger partial charge in [0.1, 0.15) is 0 Å². The van der Waals surface area contributed by atoms with Crippen molar-refractivity contribution in [3.63, 3.8) is 0 Å². The quantitative estimate of drug-likeness (QED) is 0.440. The summed E-state index contributed by atoms with van der Waals surface area (Å²) in [7, 11) is 0. The molecule has 0 aromatic heterocycles. The zero-order valence-electron chi connectivity index (χ0n) is 18.1. The second kappa shape index (κ2) is 11.3. The molecule has 1 aliphatic rings. The van der Waals surface area contributed by atoms with Crippen LogP contribution in [0.5, 0.6) is 0 Å². The van der Waals surface area contributed by atoms with Crippen molar-refractivity contribution < 1.29 is 19.4 Å². The van der Waals surface area contributed by atoms with Crippen LogP contribution < -0.4 is 5.32 Å². The highest BCUT2D eigenvalue weighted by molar-refractivity contribution is 9.10. The fourth-order valence-electron chi connectivity index (χ4n) is 3.66. The van der Waals surface area contributed by atoms with E-state index in [0.29, 0.717) is 19.6 Å². The molecule has 1 amide bonds. The number of amides is 1. The molecule has 0 spiro atoms. The summed E-state index contributed by atoms with van der Waals surface area (Å²) in [5.74, 6) is -0.00150. The van der Waals surface area contributed by atoms with Crippen molar-refractivity contribution in [3.05, 3.63) is 117 Å². The second-order valence-corrected chi connectivity index (χ2v) is 8.84. The van der Waals surface area contributed by atoms with Gasteiger partial charge in [-0.3, -0.25) is 4.79 Å². The van der Waals surface area contributed by atoms with E-state index < -0.39 is 6.29 Å². The molecule has 0 saturated heterocycles. The number of aliphatic hydroxyl groups is 1. The minimum atomic E-state index is -0.557. The third kappa shape index (κ3) is 6.54.